The molecule has 2 N–H and O–H groups in total. The summed E-state index contributed by atoms with van der Waals surface area (Å²) < 4.78 is 10.1. The molecule has 2 unspecified atom stereocenters. The SMILES string of the molecule is CCNC(=NCc1ccc(C(=O)OC)c(OC)c1)NC1CN(C(C)C)CC1C.I. The predicted octanol–water partition coefficient (Wildman–Crippen LogP) is 2.88. The summed E-state index contributed by atoms with van der Waals surface area (Å²) in [5.74, 6) is 1.45. The Labute approximate surface area is 191 Å². The lowest BCUT2D eigenvalue weighted by molar-refractivity contribution is 0.0597. The number of nitrogens with one attached hydrogen (secondary N) is 2. The molecule has 29 heavy (non-hydrogen) atoms. The van der Waals surface area contributed by atoms with Crippen molar-refractivity contribution in [3.63, 3.8) is 0 Å². The standard InChI is InChI=1S/C21H34N4O3.HI/c1-7-22-21(24-18-13-25(14(2)3)12-15(18)4)23-11-16-8-9-17(20(26)28-6)19(10-16)27-5;/h8-10,14-15,18H,7,11-13H2,1-6H3,(H2,22,23,24);1H. The van der Waals surface area contributed by atoms with Gasteiger partial charge in [0.25, 0.3) is 0 Å². The number of likely N-dealkylation sites (tertiary alicyclic amines) is 1. The first-order valence-corrected chi connectivity index (χ1v) is 9.93. The molecule has 1 aliphatic heterocycles. The lowest BCUT2D eigenvalue weighted by Gasteiger charge is -2.22. The minimum absolute atomic E-state index is 0. The molecule has 0 bridgehead atoms. The Morgan fingerprint density at radius 1 is 1.31 bits per heavy atom. The maximum Gasteiger partial charge on any atom is 0.341 e. The fourth-order valence-corrected chi connectivity index (χ4v) is 3.39. The molecule has 8 heteroatoms. The van der Waals surface area contributed by atoms with E-state index in [0.29, 0.717) is 35.9 Å². The monoisotopic (exact) mass is 518 g/mol. The smallest absolute Gasteiger partial charge is 0.341 e. The Balaban J connectivity index is 0.00000420. The van der Waals surface area contributed by atoms with E-state index in [1.807, 2.05) is 12.1 Å². The zero-order valence-corrected chi connectivity index (χ0v) is 20.7. The van der Waals surface area contributed by atoms with Gasteiger partial charge >= 0.3 is 5.97 Å². The Bertz CT molecular complexity index is 697. The van der Waals surface area contributed by atoms with Crippen molar-refractivity contribution in [3.05, 3.63) is 29.3 Å². The van der Waals surface area contributed by atoms with Crippen molar-refractivity contribution in [3.8, 4) is 5.75 Å². The summed E-state index contributed by atoms with van der Waals surface area (Å²) in [6.07, 6.45) is 0. The normalized spacial score (nSPS) is 19.6. The molecule has 1 aromatic rings. The van der Waals surface area contributed by atoms with Crippen LogP contribution < -0.4 is 15.4 Å². The molecule has 0 amide bonds. The number of aliphatic imine (C=N–C) groups is 1. The van der Waals surface area contributed by atoms with Gasteiger partial charge in [0, 0.05) is 31.7 Å². The second-order valence-electron chi connectivity index (χ2n) is 7.50. The van der Waals surface area contributed by atoms with Gasteiger partial charge in [-0.05, 0) is 44.4 Å². The third kappa shape index (κ3) is 7.02. The van der Waals surface area contributed by atoms with Gasteiger partial charge in [-0.1, -0.05) is 13.0 Å². The molecule has 1 fully saturated rings. The number of hydrogen-bond donors (Lipinski definition) is 2. The lowest BCUT2D eigenvalue weighted by atomic mass is 10.1. The summed E-state index contributed by atoms with van der Waals surface area (Å²) >= 11 is 0. The molecule has 2 atom stereocenters. The van der Waals surface area contributed by atoms with Gasteiger partial charge in [0.1, 0.15) is 11.3 Å². The average molecular weight is 518 g/mol. The molecule has 0 spiro atoms. The highest BCUT2D eigenvalue weighted by atomic mass is 127. The molecular formula is C21H35IN4O3. The number of ether oxygens (including phenoxy) is 2. The van der Waals surface area contributed by atoms with Crippen LogP contribution in [-0.2, 0) is 11.3 Å². The highest BCUT2D eigenvalue weighted by Gasteiger charge is 2.31. The van der Waals surface area contributed by atoms with E-state index in [2.05, 4.69) is 43.2 Å². The number of methoxy groups -OCH3 is 2. The van der Waals surface area contributed by atoms with Gasteiger partial charge in [-0.3, -0.25) is 4.90 Å². The number of guanidine groups is 1. The van der Waals surface area contributed by atoms with Gasteiger partial charge in [0.15, 0.2) is 5.96 Å². The third-order valence-electron chi connectivity index (χ3n) is 5.13. The van der Waals surface area contributed by atoms with E-state index in [0.717, 1.165) is 31.2 Å². The minimum atomic E-state index is -0.410. The Morgan fingerprint density at radius 2 is 2.03 bits per heavy atom. The molecule has 1 saturated heterocycles. The number of carbonyl (C=O) groups excluding carboxylic acids is 1. The van der Waals surface area contributed by atoms with Gasteiger partial charge in [-0.25, -0.2) is 9.79 Å². The number of carbonyl (C=O) groups is 1. The van der Waals surface area contributed by atoms with Crippen molar-refractivity contribution >= 4 is 35.9 Å². The van der Waals surface area contributed by atoms with Gasteiger partial charge in [0.05, 0.1) is 20.8 Å². The van der Waals surface area contributed by atoms with Crippen LogP contribution in [0.25, 0.3) is 0 Å². The summed E-state index contributed by atoms with van der Waals surface area (Å²) in [4.78, 5) is 19.0. The number of halogens is 1. The van der Waals surface area contributed by atoms with E-state index < -0.39 is 5.97 Å². The highest BCUT2D eigenvalue weighted by Crippen LogP contribution is 2.22. The second-order valence-corrected chi connectivity index (χ2v) is 7.50. The van der Waals surface area contributed by atoms with Gasteiger partial charge in [-0.2, -0.15) is 0 Å². The number of benzene rings is 1. The molecule has 1 heterocycles. The fraction of sp³-hybridized carbons (Fsp3) is 0.619. The first-order chi connectivity index (χ1) is 13.4. The molecule has 1 aliphatic rings. The van der Waals surface area contributed by atoms with Crippen LogP contribution in [0.2, 0.25) is 0 Å². The van der Waals surface area contributed by atoms with Crippen LogP contribution in [-0.4, -0.2) is 62.8 Å². The Kier molecular flexibility index (Phi) is 10.7. The molecule has 0 saturated carbocycles. The van der Waals surface area contributed by atoms with Crippen LogP contribution in [0.1, 0.15) is 43.6 Å². The summed E-state index contributed by atoms with van der Waals surface area (Å²) in [6, 6.07) is 6.35. The highest BCUT2D eigenvalue weighted by molar-refractivity contribution is 14.0. The van der Waals surface area contributed by atoms with Gasteiger partial charge in [0.2, 0.25) is 0 Å². The number of hydrogen-bond acceptors (Lipinski definition) is 5. The van der Waals surface area contributed by atoms with Crippen LogP contribution >= 0.6 is 24.0 Å². The molecule has 0 aliphatic carbocycles. The summed E-state index contributed by atoms with van der Waals surface area (Å²) in [5.41, 5.74) is 1.38. The Morgan fingerprint density at radius 3 is 2.59 bits per heavy atom. The number of nitrogens with zero attached hydrogens (tertiary/aromatic N) is 2. The van der Waals surface area contributed by atoms with Crippen molar-refractivity contribution in [2.24, 2.45) is 10.9 Å². The van der Waals surface area contributed by atoms with Crippen LogP contribution in [0.15, 0.2) is 23.2 Å². The Hall–Kier alpha value is -1.55. The summed E-state index contributed by atoms with van der Waals surface area (Å²) in [6.45, 7) is 12.2. The van der Waals surface area contributed by atoms with E-state index in [-0.39, 0.29) is 24.0 Å². The van der Waals surface area contributed by atoms with Crippen molar-refractivity contribution in [1.29, 1.82) is 0 Å². The molecule has 2 rings (SSSR count). The minimum Gasteiger partial charge on any atom is -0.496 e. The van der Waals surface area contributed by atoms with E-state index in [4.69, 9.17) is 14.5 Å². The zero-order valence-electron chi connectivity index (χ0n) is 18.3. The average Bonchev–Trinajstić information content (AvgIpc) is 3.06. The van der Waals surface area contributed by atoms with Crippen molar-refractivity contribution in [1.82, 2.24) is 15.5 Å². The van der Waals surface area contributed by atoms with Crippen LogP contribution in [0.4, 0.5) is 0 Å². The molecule has 0 radical (unpaired) electrons. The second kappa shape index (κ2) is 12.2. The number of esters is 1. The zero-order chi connectivity index (χ0) is 20.7. The fourth-order valence-electron chi connectivity index (χ4n) is 3.39. The third-order valence-corrected chi connectivity index (χ3v) is 5.13. The van der Waals surface area contributed by atoms with E-state index in [1.54, 1.807) is 13.2 Å². The van der Waals surface area contributed by atoms with Crippen molar-refractivity contribution < 1.29 is 14.3 Å². The van der Waals surface area contributed by atoms with Crippen molar-refractivity contribution in [2.75, 3.05) is 33.9 Å². The largest absolute Gasteiger partial charge is 0.496 e. The number of rotatable bonds is 7. The van der Waals surface area contributed by atoms with Crippen molar-refractivity contribution in [2.45, 2.75) is 46.3 Å². The topological polar surface area (TPSA) is 75.2 Å². The predicted molar refractivity (Wildman–Crippen MR) is 127 cm³/mol. The van der Waals surface area contributed by atoms with E-state index >= 15 is 0 Å². The molecular weight excluding hydrogens is 483 g/mol. The summed E-state index contributed by atoms with van der Waals surface area (Å²) in [7, 11) is 2.90. The molecule has 1 aromatic carbocycles. The first-order valence-electron chi connectivity index (χ1n) is 9.93. The summed E-state index contributed by atoms with van der Waals surface area (Å²) in [5, 5.41) is 6.91. The van der Waals surface area contributed by atoms with Crippen LogP contribution in [0.3, 0.4) is 0 Å². The molecule has 164 valence electrons. The maximum atomic E-state index is 11.8. The van der Waals surface area contributed by atoms with E-state index in [9.17, 15) is 4.79 Å². The quantitative estimate of drug-likeness (QED) is 0.250. The van der Waals surface area contributed by atoms with E-state index in [1.165, 1.54) is 7.11 Å². The lowest BCUT2D eigenvalue weighted by Crippen LogP contribution is -2.46. The van der Waals surface area contributed by atoms with Crippen LogP contribution in [0.5, 0.6) is 5.75 Å². The van der Waals surface area contributed by atoms with Crippen LogP contribution in [0, 0.1) is 5.92 Å². The molecule has 7 nitrogen and oxygen atoms in total. The maximum absolute atomic E-state index is 11.8. The van der Waals surface area contributed by atoms with Gasteiger partial charge < -0.3 is 20.1 Å². The molecule has 0 aromatic heterocycles. The van der Waals surface area contributed by atoms with Gasteiger partial charge in [-0.15, -0.1) is 24.0 Å². The first kappa shape index (κ1) is 25.5.